The van der Waals surface area contributed by atoms with Crippen LogP contribution in [0.15, 0.2) is 0 Å². The number of carbonyl (C=O) groups excluding carboxylic acids is 3. The second kappa shape index (κ2) is 40.4. The number of hydrogen-bond donors (Lipinski definition) is 3. The third-order valence-electron chi connectivity index (χ3n) is 10.5. The average Bonchev–Trinajstić information content (AvgIpc) is 3.17. The van der Waals surface area contributed by atoms with Gasteiger partial charge in [-0.1, -0.05) is 174 Å². The molecule has 0 heterocycles. The number of nitrogens with two attached hydrogens (primary N) is 1. The van der Waals surface area contributed by atoms with E-state index in [1.54, 1.807) is 0 Å². The molecule has 10 nitrogen and oxygen atoms in total. The van der Waals surface area contributed by atoms with E-state index in [-0.39, 0.29) is 38.2 Å². The quantitative estimate of drug-likeness (QED) is 0.0310. The van der Waals surface area contributed by atoms with Gasteiger partial charge in [0.05, 0.1) is 7.11 Å². The van der Waals surface area contributed by atoms with Gasteiger partial charge in [0.2, 0.25) is 0 Å². The molecular formula is C45H88N2O8. The SMILES string of the molecule is CCCCCCCCCCCCCCCC(=O)OCC(O)CN(CCCCC(N)C(=O)OC)CC(O)COC(=O)CCCCCCCCCCCCCCC. The van der Waals surface area contributed by atoms with E-state index < -0.39 is 24.2 Å². The van der Waals surface area contributed by atoms with Gasteiger partial charge in [-0.25, -0.2) is 0 Å². The molecule has 0 saturated heterocycles. The van der Waals surface area contributed by atoms with Gasteiger partial charge < -0.3 is 30.2 Å². The summed E-state index contributed by atoms with van der Waals surface area (Å²) in [6.45, 7) is 5.14. The van der Waals surface area contributed by atoms with E-state index in [1.807, 2.05) is 4.90 Å². The minimum atomic E-state index is -0.932. The third-order valence-corrected chi connectivity index (χ3v) is 10.5. The fraction of sp³-hybridized carbons (Fsp3) is 0.933. The van der Waals surface area contributed by atoms with Gasteiger partial charge in [0.15, 0.2) is 0 Å². The van der Waals surface area contributed by atoms with Crippen molar-refractivity contribution in [3.8, 4) is 0 Å². The van der Waals surface area contributed by atoms with Crippen molar-refractivity contribution >= 4 is 17.9 Å². The van der Waals surface area contributed by atoms with Crippen LogP contribution < -0.4 is 5.73 Å². The highest BCUT2D eigenvalue weighted by atomic mass is 16.5. The van der Waals surface area contributed by atoms with Gasteiger partial charge in [-0.3, -0.25) is 19.3 Å². The molecule has 0 bridgehead atoms. The van der Waals surface area contributed by atoms with E-state index in [1.165, 1.54) is 136 Å². The van der Waals surface area contributed by atoms with Crippen molar-refractivity contribution < 1.29 is 38.8 Å². The molecule has 0 spiro atoms. The Kier molecular flexibility index (Phi) is 39.2. The Morgan fingerprint density at radius 2 is 0.836 bits per heavy atom. The molecule has 3 atom stereocenters. The summed E-state index contributed by atoms with van der Waals surface area (Å²) in [4.78, 5) is 38.2. The Labute approximate surface area is 337 Å². The average molecular weight is 785 g/mol. The van der Waals surface area contributed by atoms with Crippen LogP contribution in [0.25, 0.3) is 0 Å². The monoisotopic (exact) mass is 785 g/mol. The molecule has 55 heavy (non-hydrogen) atoms. The molecular weight excluding hydrogens is 697 g/mol. The molecule has 0 aromatic heterocycles. The zero-order chi connectivity index (χ0) is 40.6. The first kappa shape index (κ1) is 53.2. The van der Waals surface area contributed by atoms with Crippen molar-refractivity contribution in [2.45, 2.75) is 231 Å². The van der Waals surface area contributed by atoms with Crippen LogP contribution in [-0.4, -0.2) is 91.2 Å². The zero-order valence-electron chi connectivity index (χ0n) is 36.1. The molecule has 0 rings (SSSR count). The van der Waals surface area contributed by atoms with E-state index in [0.29, 0.717) is 38.6 Å². The fourth-order valence-corrected chi connectivity index (χ4v) is 7.02. The first-order valence-corrected chi connectivity index (χ1v) is 23.0. The second-order valence-electron chi connectivity index (χ2n) is 16.0. The van der Waals surface area contributed by atoms with E-state index >= 15 is 0 Å². The molecule has 0 fully saturated rings. The predicted molar refractivity (Wildman–Crippen MR) is 225 cm³/mol. The van der Waals surface area contributed by atoms with Crippen LogP contribution in [0.5, 0.6) is 0 Å². The van der Waals surface area contributed by atoms with Crippen molar-refractivity contribution in [2.75, 3.05) is 40.0 Å². The highest BCUT2D eigenvalue weighted by Crippen LogP contribution is 2.15. The lowest BCUT2D eigenvalue weighted by molar-refractivity contribution is -0.147. The maximum Gasteiger partial charge on any atom is 0.322 e. The smallest absolute Gasteiger partial charge is 0.322 e. The van der Waals surface area contributed by atoms with Gasteiger partial charge in [0.1, 0.15) is 31.5 Å². The molecule has 0 amide bonds. The summed E-state index contributed by atoms with van der Waals surface area (Å²) >= 11 is 0. The third kappa shape index (κ3) is 37.6. The molecule has 4 N–H and O–H groups in total. The van der Waals surface area contributed by atoms with Crippen LogP contribution in [0.1, 0.15) is 213 Å². The maximum atomic E-state index is 12.3. The zero-order valence-corrected chi connectivity index (χ0v) is 36.1. The number of nitrogens with zero attached hydrogens (tertiary/aromatic N) is 1. The molecule has 0 aliphatic carbocycles. The first-order valence-electron chi connectivity index (χ1n) is 23.0. The molecule has 10 heteroatoms. The Balaban J connectivity index is 4.32. The van der Waals surface area contributed by atoms with Gasteiger partial charge in [-0.2, -0.15) is 0 Å². The highest BCUT2D eigenvalue weighted by molar-refractivity contribution is 5.75. The molecule has 0 radical (unpaired) electrons. The van der Waals surface area contributed by atoms with Crippen LogP contribution in [0, 0.1) is 0 Å². The van der Waals surface area contributed by atoms with Crippen molar-refractivity contribution in [3.05, 3.63) is 0 Å². The first-order chi connectivity index (χ1) is 26.7. The van der Waals surface area contributed by atoms with Gasteiger partial charge >= 0.3 is 17.9 Å². The van der Waals surface area contributed by atoms with Crippen LogP contribution in [0.4, 0.5) is 0 Å². The summed E-state index contributed by atoms with van der Waals surface area (Å²) in [6.07, 6.45) is 32.8. The number of ether oxygens (including phenoxy) is 3. The Morgan fingerprint density at radius 1 is 0.509 bits per heavy atom. The number of rotatable bonds is 42. The summed E-state index contributed by atoms with van der Waals surface area (Å²) in [5.41, 5.74) is 5.87. The molecule has 0 aromatic carbocycles. The molecule has 0 aliphatic rings. The Morgan fingerprint density at radius 3 is 1.16 bits per heavy atom. The van der Waals surface area contributed by atoms with Crippen molar-refractivity contribution in [1.82, 2.24) is 4.90 Å². The van der Waals surface area contributed by atoms with Gasteiger partial charge in [-0.15, -0.1) is 0 Å². The number of unbranched alkanes of at least 4 members (excludes halogenated alkanes) is 25. The minimum absolute atomic E-state index is 0.120. The minimum Gasteiger partial charge on any atom is -0.468 e. The fourth-order valence-electron chi connectivity index (χ4n) is 7.02. The molecule has 0 aromatic rings. The highest BCUT2D eigenvalue weighted by Gasteiger charge is 2.19. The van der Waals surface area contributed by atoms with Crippen LogP contribution >= 0.6 is 0 Å². The molecule has 326 valence electrons. The van der Waals surface area contributed by atoms with E-state index in [4.69, 9.17) is 19.9 Å². The van der Waals surface area contributed by atoms with Gasteiger partial charge in [-0.05, 0) is 32.2 Å². The molecule has 0 saturated carbocycles. The van der Waals surface area contributed by atoms with Crippen molar-refractivity contribution in [2.24, 2.45) is 5.73 Å². The maximum absolute atomic E-state index is 12.3. The summed E-state index contributed by atoms with van der Waals surface area (Å²) in [5.74, 6) is -1.06. The number of methoxy groups -OCH3 is 1. The second-order valence-corrected chi connectivity index (χ2v) is 16.0. The number of hydrogen-bond acceptors (Lipinski definition) is 10. The largest absolute Gasteiger partial charge is 0.468 e. The van der Waals surface area contributed by atoms with Crippen LogP contribution in [-0.2, 0) is 28.6 Å². The summed E-state index contributed by atoms with van der Waals surface area (Å²) < 4.78 is 15.5. The molecule has 3 unspecified atom stereocenters. The van der Waals surface area contributed by atoms with Gasteiger partial charge in [0.25, 0.3) is 0 Å². The molecule has 0 aliphatic heterocycles. The van der Waals surface area contributed by atoms with Crippen molar-refractivity contribution in [3.63, 3.8) is 0 Å². The predicted octanol–water partition coefficient (Wildman–Crippen LogP) is 9.73. The van der Waals surface area contributed by atoms with Crippen LogP contribution in [0.2, 0.25) is 0 Å². The Bertz CT molecular complexity index is 822. The lowest BCUT2D eigenvalue weighted by Gasteiger charge is -2.27. The summed E-state index contributed by atoms with van der Waals surface area (Å²) in [5, 5.41) is 21.4. The number of aliphatic hydroxyl groups excluding tert-OH is 2. The van der Waals surface area contributed by atoms with E-state index in [0.717, 1.165) is 38.5 Å². The summed E-state index contributed by atoms with van der Waals surface area (Å²) in [6, 6.07) is -0.696. The number of esters is 3. The van der Waals surface area contributed by atoms with E-state index in [9.17, 15) is 24.6 Å². The lowest BCUT2D eigenvalue weighted by Crippen LogP contribution is -2.42. The normalized spacial score (nSPS) is 13.1. The lowest BCUT2D eigenvalue weighted by atomic mass is 10.0. The summed E-state index contributed by atoms with van der Waals surface area (Å²) in [7, 11) is 1.31. The van der Waals surface area contributed by atoms with Crippen molar-refractivity contribution in [1.29, 1.82) is 0 Å². The Hall–Kier alpha value is -1.75. The van der Waals surface area contributed by atoms with Crippen LogP contribution in [0.3, 0.4) is 0 Å². The number of aliphatic hydroxyl groups is 2. The topological polar surface area (TPSA) is 149 Å². The van der Waals surface area contributed by atoms with E-state index in [2.05, 4.69) is 13.8 Å². The standard InChI is InChI=1S/C45H88N2O8/c1-4-6-8-10-12-14-16-18-20-22-24-26-28-33-43(50)54-38-40(48)36-47(35-31-30-32-42(46)45(52)53-3)37-41(49)39-55-44(51)34-29-27-25-23-21-19-17-15-13-11-9-7-5-2/h40-42,48-49H,4-39,46H2,1-3H3. The van der Waals surface area contributed by atoms with Gasteiger partial charge in [0, 0.05) is 25.9 Å². The number of carbonyl (C=O) groups is 3.